The van der Waals surface area contributed by atoms with Crippen LogP contribution in [0.4, 0.5) is 0 Å². The van der Waals surface area contributed by atoms with Gasteiger partial charge in [0, 0.05) is 23.7 Å². The third-order valence-corrected chi connectivity index (χ3v) is 7.48. The Balaban J connectivity index is 1.64. The van der Waals surface area contributed by atoms with E-state index in [-0.39, 0.29) is 39.5 Å². The normalized spacial score (nSPS) is 22.1. The Morgan fingerprint density at radius 2 is 1.19 bits per heavy atom. The van der Waals surface area contributed by atoms with Gasteiger partial charge in [-0.25, -0.2) is 0 Å². The summed E-state index contributed by atoms with van der Waals surface area (Å²) in [6, 6.07) is 15.9. The smallest absolute Gasteiger partial charge is 0.251 e. The van der Waals surface area contributed by atoms with E-state index in [0.29, 0.717) is 17.7 Å². The van der Waals surface area contributed by atoms with Crippen molar-refractivity contribution in [2.45, 2.75) is 98.4 Å². The highest BCUT2D eigenvalue weighted by Gasteiger charge is 2.42. The Morgan fingerprint density at radius 1 is 0.750 bits per heavy atom. The minimum atomic E-state index is -0.100. The van der Waals surface area contributed by atoms with Gasteiger partial charge in [-0.05, 0) is 76.3 Å². The van der Waals surface area contributed by atoms with E-state index in [4.69, 9.17) is 0 Å². The van der Waals surface area contributed by atoms with Gasteiger partial charge >= 0.3 is 0 Å². The van der Waals surface area contributed by atoms with E-state index < -0.39 is 0 Å². The first-order valence-electron chi connectivity index (χ1n) is 13.3. The summed E-state index contributed by atoms with van der Waals surface area (Å²) in [5, 5.41) is 6.47. The van der Waals surface area contributed by atoms with Crippen molar-refractivity contribution in [3.05, 3.63) is 70.8 Å². The molecule has 2 aromatic rings. The Morgan fingerprint density at radius 3 is 1.64 bits per heavy atom. The molecule has 4 nitrogen and oxygen atoms in total. The molecule has 0 spiro atoms. The van der Waals surface area contributed by atoms with Crippen LogP contribution in [0, 0.1) is 10.8 Å². The topological polar surface area (TPSA) is 58.2 Å². The third-order valence-electron chi connectivity index (χ3n) is 7.48. The standard InChI is InChI=1S/C32H46N2O2/c1-29(2,3)24-14-10-22(11-15-24)27(35)33-21-32(9)19-26(18-31(7,8)20-32)34-28(36)23-12-16-25(17-13-23)30(4,5)6/h10-17,26H,18-21H2,1-9H3,(H,33,35)(H,34,36). The van der Waals surface area contributed by atoms with E-state index in [9.17, 15) is 9.59 Å². The first-order valence-corrected chi connectivity index (χ1v) is 13.3. The minimum absolute atomic E-state index is 0.0246. The van der Waals surface area contributed by atoms with Gasteiger partial charge in [0.15, 0.2) is 0 Å². The lowest BCUT2D eigenvalue weighted by Gasteiger charge is -2.47. The van der Waals surface area contributed by atoms with Crippen molar-refractivity contribution in [1.29, 1.82) is 0 Å². The second-order valence-corrected chi connectivity index (χ2v) is 14.1. The molecule has 0 heterocycles. The van der Waals surface area contributed by atoms with Crippen molar-refractivity contribution in [3.8, 4) is 0 Å². The van der Waals surface area contributed by atoms with Gasteiger partial charge in [0.1, 0.15) is 0 Å². The predicted octanol–water partition coefficient (Wildman–Crippen LogP) is 7.03. The molecule has 4 heteroatoms. The molecule has 1 saturated carbocycles. The van der Waals surface area contributed by atoms with Crippen molar-refractivity contribution >= 4 is 11.8 Å². The van der Waals surface area contributed by atoms with Crippen molar-refractivity contribution < 1.29 is 9.59 Å². The van der Waals surface area contributed by atoms with Gasteiger partial charge in [-0.15, -0.1) is 0 Å². The molecule has 0 aromatic heterocycles. The van der Waals surface area contributed by atoms with Crippen LogP contribution in [-0.4, -0.2) is 24.4 Å². The minimum Gasteiger partial charge on any atom is -0.351 e. The summed E-state index contributed by atoms with van der Waals surface area (Å²) >= 11 is 0. The second-order valence-electron chi connectivity index (χ2n) is 14.1. The number of rotatable bonds is 5. The Labute approximate surface area is 218 Å². The molecule has 0 aliphatic heterocycles. The number of carbonyl (C=O) groups excluding carboxylic acids is 2. The van der Waals surface area contributed by atoms with Gasteiger partial charge in [0.05, 0.1) is 0 Å². The highest BCUT2D eigenvalue weighted by Crippen LogP contribution is 2.46. The molecule has 3 rings (SSSR count). The predicted molar refractivity (Wildman–Crippen MR) is 150 cm³/mol. The summed E-state index contributed by atoms with van der Waals surface area (Å²) in [7, 11) is 0. The maximum atomic E-state index is 13.1. The lowest BCUT2D eigenvalue weighted by Crippen LogP contribution is -2.50. The molecule has 2 atom stereocenters. The van der Waals surface area contributed by atoms with E-state index >= 15 is 0 Å². The molecular formula is C32H46N2O2. The van der Waals surface area contributed by atoms with Gasteiger partial charge in [-0.1, -0.05) is 86.6 Å². The van der Waals surface area contributed by atoms with Crippen molar-refractivity contribution in [3.63, 3.8) is 0 Å². The van der Waals surface area contributed by atoms with Gasteiger partial charge in [0.25, 0.3) is 11.8 Å². The Kier molecular flexibility index (Phi) is 7.79. The lowest BCUT2D eigenvalue weighted by molar-refractivity contribution is 0.0592. The number of hydrogen-bond acceptors (Lipinski definition) is 2. The van der Waals surface area contributed by atoms with Crippen LogP contribution in [0.1, 0.15) is 113 Å². The average molecular weight is 491 g/mol. The second kappa shape index (κ2) is 10.0. The van der Waals surface area contributed by atoms with Gasteiger partial charge in [-0.2, -0.15) is 0 Å². The molecule has 2 amide bonds. The van der Waals surface area contributed by atoms with E-state index in [1.165, 1.54) is 11.1 Å². The van der Waals surface area contributed by atoms with E-state index in [2.05, 4.69) is 72.9 Å². The molecular weight excluding hydrogens is 444 g/mol. The molecule has 1 aliphatic rings. The fourth-order valence-electron chi connectivity index (χ4n) is 5.78. The summed E-state index contributed by atoms with van der Waals surface area (Å²) in [4.78, 5) is 26.0. The average Bonchev–Trinajstić information content (AvgIpc) is 2.75. The van der Waals surface area contributed by atoms with Crippen molar-refractivity contribution in [1.82, 2.24) is 10.6 Å². The molecule has 2 aromatic carbocycles. The van der Waals surface area contributed by atoms with Gasteiger partial charge in [-0.3, -0.25) is 9.59 Å². The quantitative estimate of drug-likeness (QED) is 0.473. The summed E-state index contributed by atoms with van der Waals surface area (Å²) in [6.07, 6.45) is 2.76. The molecule has 0 bridgehead atoms. The van der Waals surface area contributed by atoms with E-state index in [1.54, 1.807) is 0 Å². The lowest BCUT2D eigenvalue weighted by atomic mass is 9.62. The van der Waals surface area contributed by atoms with Crippen LogP contribution in [0.3, 0.4) is 0 Å². The van der Waals surface area contributed by atoms with Crippen LogP contribution in [0.2, 0.25) is 0 Å². The molecule has 2 unspecified atom stereocenters. The maximum Gasteiger partial charge on any atom is 0.251 e. The first kappa shape index (κ1) is 28.0. The fourth-order valence-corrected chi connectivity index (χ4v) is 5.78. The number of nitrogens with one attached hydrogen (secondary N) is 2. The number of carbonyl (C=O) groups is 2. The van der Waals surface area contributed by atoms with Crippen LogP contribution in [-0.2, 0) is 10.8 Å². The van der Waals surface area contributed by atoms with Gasteiger partial charge < -0.3 is 10.6 Å². The van der Waals surface area contributed by atoms with Crippen molar-refractivity contribution in [2.24, 2.45) is 10.8 Å². The Hall–Kier alpha value is -2.62. The summed E-state index contributed by atoms with van der Waals surface area (Å²) in [5.74, 6) is -0.0666. The molecule has 0 radical (unpaired) electrons. The number of benzene rings is 2. The monoisotopic (exact) mass is 490 g/mol. The summed E-state index contributed by atoms with van der Waals surface area (Å²) in [6.45, 7) is 20.4. The van der Waals surface area contributed by atoms with E-state index in [1.807, 2.05) is 48.5 Å². The number of amides is 2. The summed E-state index contributed by atoms with van der Waals surface area (Å²) < 4.78 is 0. The molecule has 196 valence electrons. The Bertz CT molecular complexity index is 1070. The van der Waals surface area contributed by atoms with Crippen LogP contribution >= 0.6 is 0 Å². The molecule has 0 saturated heterocycles. The summed E-state index contributed by atoms with van der Waals surface area (Å²) in [5.41, 5.74) is 3.90. The van der Waals surface area contributed by atoms with Crippen LogP contribution in [0.5, 0.6) is 0 Å². The van der Waals surface area contributed by atoms with Crippen LogP contribution in [0.25, 0.3) is 0 Å². The zero-order valence-electron chi connectivity index (χ0n) is 23.8. The number of hydrogen-bond donors (Lipinski definition) is 2. The third kappa shape index (κ3) is 7.21. The van der Waals surface area contributed by atoms with Crippen LogP contribution < -0.4 is 10.6 Å². The van der Waals surface area contributed by atoms with E-state index in [0.717, 1.165) is 19.3 Å². The molecule has 1 fully saturated rings. The molecule has 36 heavy (non-hydrogen) atoms. The SMILES string of the molecule is CC1(C)CC(NC(=O)c2ccc(C(C)(C)C)cc2)CC(C)(CNC(=O)c2ccc(C(C)(C)C)cc2)C1. The molecule has 1 aliphatic carbocycles. The fraction of sp³-hybridized carbons (Fsp3) is 0.562. The zero-order valence-corrected chi connectivity index (χ0v) is 23.8. The first-order chi connectivity index (χ1) is 16.5. The highest BCUT2D eigenvalue weighted by molar-refractivity contribution is 5.95. The largest absolute Gasteiger partial charge is 0.351 e. The zero-order chi connectivity index (χ0) is 26.9. The van der Waals surface area contributed by atoms with Gasteiger partial charge in [0.2, 0.25) is 0 Å². The highest BCUT2D eigenvalue weighted by atomic mass is 16.2. The van der Waals surface area contributed by atoms with Crippen LogP contribution in [0.15, 0.2) is 48.5 Å². The molecule has 2 N–H and O–H groups in total. The maximum absolute atomic E-state index is 13.1. The van der Waals surface area contributed by atoms with Crippen molar-refractivity contribution in [2.75, 3.05) is 6.54 Å².